The molecule has 1 fully saturated rings. The predicted molar refractivity (Wildman–Crippen MR) is 66.2 cm³/mol. The summed E-state index contributed by atoms with van der Waals surface area (Å²) in [4.78, 5) is 24.2. The number of carbonyl (C=O) groups is 2. The summed E-state index contributed by atoms with van der Waals surface area (Å²) in [5.74, 6) is -1.09. The number of hydrogen-bond donors (Lipinski definition) is 2. The molecule has 2 N–H and O–H groups in total. The highest BCUT2D eigenvalue weighted by molar-refractivity contribution is 8.22. The molecule has 7 heteroatoms. The molecule has 0 radical (unpaired) electrons. The molecule has 0 aromatic carbocycles. The summed E-state index contributed by atoms with van der Waals surface area (Å²) >= 11 is 2.79. The largest absolute Gasteiger partial charge is 0.477 e. The number of nitrogens with zero attached hydrogens (tertiary/aromatic N) is 1. The molecule has 0 aromatic rings. The van der Waals surface area contributed by atoms with Gasteiger partial charge in [0.15, 0.2) is 5.70 Å². The zero-order valence-corrected chi connectivity index (χ0v) is 11.0. The predicted octanol–water partition coefficient (Wildman–Crippen LogP) is 0.905. The van der Waals surface area contributed by atoms with Gasteiger partial charge in [0, 0.05) is 0 Å². The van der Waals surface area contributed by atoms with E-state index in [1.54, 1.807) is 6.92 Å². The van der Waals surface area contributed by atoms with Crippen LogP contribution in [0.15, 0.2) is 9.93 Å². The third-order valence-corrected chi connectivity index (χ3v) is 5.28. The number of carboxylic acids is 1. The van der Waals surface area contributed by atoms with Gasteiger partial charge in [-0.05, 0) is 12.7 Å². The molecule has 2 aliphatic heterocycles. The lowest BCUT2D eigenvalue weighted by Crippen LogP contribution is -2.60. The van der Waals surface area contributed by atoms with Crippen LogP contribution in [0.2, 0.25) is 0 Å². The smallest absolute Gasteiger partial charge is 0.354 e. The molecular weight excluding hydrogens is 262 g/mol. The van der Waals surface area contributed by atoms with E-state index in [1.807, 2.05) is 6.92 Å². The van der Waals surface area contributed by atoms with Crippen LogP contribution in [0.1, 0.15) is 13.8 Å². The minimum atomic E-state index is -1.08. The Morgan fingerprint density at radius 2 is 2.29 bits per heavy atom. The van der Waals surface area contributed by atoms with Crippen molar-refractivity contribution in [2.75, 3.05) is 5.75 Å². The van der Waals surface area contributed by atoms with Crippen molar-refractivity contribution in [1.82, 2.24) is 4.90 Å². The Morgan fingerprint density at radius 1 is 1.65 bits per heavy atom. The van der Waals surface area contributed by atoms with E-state index < -0.39 is 18.0 Å². The second kappa shape index (κ2) is 4.55. The number of carboxylic acid groups (broad SMARTS) is 1. The number of rotatable bonds is 4. The first-order chi connectivity index (χ1) is 7.99. The van der Waals surface area contributed by atoms with Gasteiger partial charge in [-0.2, -0.15) is 0 Å². The molecule has 94 valence electrons. The first-order valence-corrected chi connectivity index (χ1v) is 7.13. The Kier molecular flexibility index (Phi) is 3.42. The van der Waals surface area contributed by atoms with Gasteiger partial charge in [-0.3, -0.25) is 9.69 Å². The number of aliphatic carboxylic acids is 1. The minimum absolute atomic E-state index is 0.0775. The van der Waals surface area contributed by atoms with Crippen LogP contribution in [0.4, 0.5) is 0 Å². The summed E-state index contributed by atoms with van der Waals surface area (Å²) in [6.07, 6.45) is -0.739. The zero-order valence-electron chi connectivity index (χ0n) is 9.41. The Morgan fingerprint density at radius 3 is 2.76 bits per heavy atom. The molecule has 1 unspecified atom stereocenters. The van der Waals surface area contributed by atoms with Crippen LogP contribution >= 0.6 is 23.5 Å². The third kappa shape index (κ3) is 1.86. The number of fused-ring (bicyclic) bond motifs is 1. The van der Waals surface area contributed by atoms with E-state index in [2.05, 4.69) is 0 Å². The third-order valence-electron chi connectivity index (χ3n) is 2.74. The Balaban J connectivity index is 2.26. The van der Waals surface area contributed by atoms with Gasteiger partial charge < -0.3 is 10.2 Å². The molecule has 2 aliphatic rings. The average molecular weight is 275 g/mol. The lowest BCUT2D eigenvalue weighted by molar-refractivity contribution is -0.156. The fourth-order valence-corrected chi connectivity index (χ4v) is 4.81. The van der Waals surface area contributed by atoms with Crippen molar-refractivity contribution in [3.05, 3.63) is 9.93 Å². The first-order valence-electron chi connectivity index (χ1n) is 5.27. The monoisotopic (exact) mass is 275 g/mol. The van der Waals surface area contributed by atoms with E-state index in [0.29, 0.717) is 4.24 Å². The molecule has 17 heavy (non-hydrogen) atoms. The summed E-state index contributed by atoms with van der Waals surface area (Å²) in [7, 11) is 0. The standard InChI is InChI=1S/C10H13NO4S2/c1-3-16-10-6(9(14)15)11-7(13)5(4(2)12)8(11)17-10/h4-5,8,12H,3H2,1-2H3,(H,14,15)/t4?,5-,8-/m0/s1. The second-order valence-electron chi connectivity index (χ2n) is 3.86. The highest BCUT2D eigenvalue weighted by Gasteiger charge is 2.57. The number of hydrogen-bond acceptors (Lipinski definition) is 5. The van der Waals surface area contributed by atoms with Gasteiger partial charge in [0.05, 0.1) is 16.3 Å². The molecule has 3 atom stereocenters. The number of aliphatic hydroxyl groups is 1. The number of aliphatic hydroxyl groups excluding tert-OH is 1. The fourth-order valence-electron chi connectivity index (χ4n) is 1.98. The number of β-lactam (4-membered cyclic amide) rings is 1. The SMILES string of the molecule is CCSC1=C(C(=O)O)N2C(=O)[C@H](C(C)O)[C@@H]2S1. The van der Waals surface area contributed by atoms with Crippen LogP contribution in [-0.2, 0) is 9.59 Å². The van der Waals surface area contributed by atoms with Gasteiger partial charge in [-0.25, -0.2) is 4.79 Å². The maximum absolute atomic E-state index is 11.8. The Labute approximate surface area is 107 Å². The van der Waals surface area contributed by atoms with Crippen molar-refractivity contribution < 1.29 is 19.8 Å². The van der Waals surface area contributed by atoms with Gasteiger partial charge >= 0.3 is 5.97 Å². The molecule has 2 heterocycles. The lowest BCUT2D eigenvalue weighted by atomic mass is 9.92. The minimum Gasteiger partial charge on any atom is -0.477 e. The molecule has 1 saturated heterocycles. The van der Waals surface area contributed by atoms with E-state index >= 15 is 0 Å². The summed E-state index contributed by atoms with van der Waals surface area (Å²) in [6, 6.07) is 0. The van der Waals surface area contributed by atoms with Crippen LogP contribution in [0, 0.1) is 5.92 Å². The molecule has 0 aromatic heterocycles. The van der Waals surface area contributed by atoms with Crippen LogP contribution in [0.25, 0.3) is 0 Å². The zero-order chi connectivity index (χ0) is 12.7. The highest BCUT2D eigenvalue weighted by Crippen LogP contribution is 2.53. The van der Waals surface area contributed by atoms with Crippen molar-refractivity contribution in [3.63, 3.8) is 0 Å². The summed E-state index contributed by atoms with van der Waals surface area (Å²) < 4.78 is 0.668. The normalized spacial score (nSPS) is 29.1. The molecule has 2 rings (SSSR count). The molecule has 5 nitrogen and oxygen atoms in total. The van der Waals surface area contributed by atoms with E-state index in [4.69, 9.17) is 5.11 Å². The molecule has 0 bridgehead atoms. The molecular formula is C10H13NO4S2. The van der Waals surface area contributed by atoms with E-state index in [9.17, 15) is 14.7 Å². The van der Waals surface area contributed by atoms with Crippen molar-refractivity contribution in [2.45, 2.75) is 25.3 Å². The summed E-state index contributed by atoms with van der Waals surface area (Å²) in [5.41, 5.74) is 0.0775. The lowest BCUT2D eigenvalue weighted by Gasteiger charge is -2.43. The summed E-state index contributed by atoms with van der Waals surface area (Å²) in [5, 5.41) is 18.4. The van der Waals surface area contributed by atoms with E-state index in [-0.39, 0.29) is 17.0 Å². The molecule has 0 saturated carbocycles. The van der Waals surface area contributed by atoms with Gasteiger partial charge in [0.2, 0.25) is 5.91 Å². The summed E-state index contributed by atoms with van der Waals surface area (Å²) in [6.45, 7) is 3.49. The quantitative estimate of drug-likeness (QED) is 0.742. The molecule has 1 amide bonds. The van der Waals surface area contributed by atoms with Crippen LogP contribution in [0.3, 0.4) is 0 Å². The van der Waals surface area contributed by atoms with Crippen molar-refractivity contribution in [3.8, 4) is 0 Å². The van der Waals surface area contributed by atoms with E-state index in [1.165, 1.54) is 28.4 Å². The first kappa shape index (κ1) is 12.8. The van der Waals surface area contributed by atoms with Gasteiger partial charge in [-0.15, -0.1) is 11.8 Å². The number of thioether (sulfide) groups is 2. The maximum atomic E-state index is 11.8. The average Bonchev–Trinajstić information content (AvgIpc) is 2.53. The Bertz CT molecular complexity index is 407. The van der Waals surface area contributed by atoms with Gasteiger partial charge in [-0.1, -0.05) is 18.7 Å². The van der Waals surface area contributed by atoms with Crippen LogP contribution in [0.5, 0.6) is 0 Å². The highest BCUT2D eigenvalue weighted by atomic mass is 32.2. The molecule has 0 spiro atoms. The van der Waals surface area contributed by atoms with Gasteiger partial charge in [0.1, 0.15) is 5.37 Å². The van der Waals surface area contributed by atoms with Crippen molar-refractivity contribution >= 4 is 35.4 Å². The van der Waals surface area contributed by atoms with Crippen molar-refractivity contribution in [1.29, 1.82) is 0 Å². The topological polar surface area (TPSA) is 77.8 Å². The number of carbonyl (C=O) groups excluding carboxylic acids is 1. The maximum Gasteiger partial charge on any atom is 0.354 e. The van der Waals surface area contributed by atoms with Crippen LogP contribution < -0.4 is 0 Å². The Hall–Kier alpha value is -0.660. The van der Waals surface area contributed by atoms with Crippen molar-refractivity contribution in [2.24, 2.45) is 5.92 Å². The molecule has 0 aliphatic carbocycles. The van der Waals surface area contributed by atoms with Crippen LogP contribution in [-0.4, -0.2) is 44.2 Å². The number of amides is 1. The second-order valence-corrected chi connectivity index (χ2v) is 6.52. The fraction of sp³-hybridized carbons (Fsp3) is 0.600. The van der Waals surface area contributed by atoms with Gasteiger partial charge in [0.25, 0.3) is 0 Å². The van der Waals surface area contributed by atoms with E-state index in [0.717, 1.165) is 5.75 Å².